The SMILES string of the molecule is O=C(Nc1sc2c(c1C(=O)NCCc1ccccc1)CCC2)c1cc(-c2ccccc2)on1. The summed E-state index contributed by atoms with van der Waals surface area (Å²) >= 11 is 1.48. The predicted octanol–water partition coefficient (Wildman–Crippen LogP) is 5.12. The average Bonchev–Trinajstić information content (AvgIpc) is 3.57. The van der Waals surface area contributed by atoms with Crippen LogP contribution in [-0.4, -0.2) is 23.5 Å². The number of aromatic nitrogens is 1. The maximum Gasteiger partial charge on any atom is 0.278 e. The Morgan fingerprint density at radius 2 is 1.73 bits per heavy atom. The minimum atomic E-state index is -0.390. The lowest BCUT2D eigenvalue weighted by Gasteiger charge is -2.09. The largest absolute Gasteiger partial charge is 0.355 e. The van der Waals surface area contributed by atoms with Crippen LogP contribution in [0.5, 0.6) is 0 Å². The smallest absolute Gasteiger partial charge is 0.278 e. The first-order valence-electron chi connectivity index (χ1n) is 11.0. The zero-order valence-electron chi connectivity index (χ0n) is 18.0. The Balaban J connectivity index is 1.31. The number of nitrogens with one attached hydrogen (secondary N) is 2. The highest BCUT2D eigenvalue weighted by Gasteiger charge is 2.28. The van der Waals surface area contributed by atoms with E-state index in [4.69, 9.17) is 4.52 Å². The standard InChI is InChI=1S/C26H23N3O3S/c30-24(20-16-21(32-29-20)18-10-5-2-6-11-18)28-26-23(19-12-7-13-22(19)33-26)25(31)27-15-14-17-8-3-1-4-9-17/h1-6,8-11,16H,7,12-15H2,(H,27,31)(H,28,30). The monoisotopic (exact) mass is 457 g/mol. The zero-order valence-corrected chi connectivity index (χ0v) is 18.8. The number of anilines is 1. The third-order valence-electron chi connectivity index (χ3n) is 5.72. The number of carbonyl (C=O) groups excluding carboxylic acids is 2. The molecule has 0 saturated carbocycles. The van der Waals surface area contributed by atoms with Crippen molar-refractivity contribution >= 4 is 28.2 Å². The summed E-state index contributed by atoms with van der Waals surface area (Å²) in [7, 11) is 0. The Labute approximate surface area is 195 Å². The molecule has 2 N–H and O–H groups in total. The first kappa shape index (κ1) is 21.2. The Morgan fingerprint density at radius 3 is 2.52 bits per heavy atom. The van der Waals surface area contributed by atoms with Gasteiger partial charge in [0.25, 0.3) is 11.8 Å². The van der Waals surface area contributed by atoms with Crippen LogP contribution in [0, 0.1) is 0 Å². The molecule has 2 aromatic carbocycles. The molecule has 5 rings (SSSR count). The van der Waals surface area contributed by atoms with Crippen LogP contribution in [0.2, 0.25) is 0 Å². The van der Waals surface area contributed by atoms with Gasteiger partial charge in [-0.1, -0.05) is 65.8 Å². The maximum atomic E-state index is 13.1. The lowest BCUT2D eigenvalue weighted by atomic mass is 10.1. The first-order chi connectivity index (χ1) is 16.2. The van der Waals surface area contributed by atoms with E-state index in [0.29, 0.717) is 22.9 Å². The third-order valence-corrected chi connectivity index (χ3v) is 6.93. The van der Waals surface area contributed by atoms with Crippen molar-refractivity contribution in [3.63, 3.8) is 0 Å². The molecule has 166 valence electrons. The van der Waals surface area contributed by atoms with Crippen LogP contribution in [0.3, 0.4) is 0 Å². The summed E-state index contributed by atoms with van der Waals surface area (Å²) in [5.41, 5.74) is 3.83. The average molecular weight is 458 g/mol. The molecule has 1 aliphatic rings. The molecule has 0 atom stereocenters. The van der Waals surface area contributed by atoms with Gasteiger partial charge in [0.15, 0.2) is 11.5 Å². The van der Waals surface area contributed by atoms with Crippen LogP contribution >= 0.6 is 11.3 Å². The lowest BCUT2D eigenvalue weighted by Crippen LogP contribution is -2.27. The van der Waals surface area contributed by atoms with E-state index in [1.54, 1.807) is 6.07 Å². The first-order valence-corrected chi connectivity index (χ1v) is 11.8. The van der Waals surface area contributed by atoms with E-state index < -0.39 is 0 Å². The van der Waals surface area contributed by atoms with Gasteiger partial charge in [-0.2, -0.15) is 0 Å². The molecule has 0 aliphatic heterocycles. The van der Waals surface area contributed by atoms with Gasteiger partial charge in [-0.15, -0.1) is 11.3 Å². The van der Waals surface area contributed by atoms with Gasteiger partial charge in [0.2, 0.25) is 0 Å². The van der Waals surface area contributed by atoms with Crippen LogP contribution in [-0.2, 0) is 19.3 Å². The van der Waals surface area contributed by atoms with E-state index in [9.17, 15) is 9.59 Å². The number of benzene rings is 2. The topological polar surface area (TPSA) is 84.2 Å². The summed E-state index contributed by atoms with van der Waals surface area (Å²) in [5.74, 6) is -0.0155. The van der Waals surface area contributed by atoms with Crippen LogP contribution in [0.15, 0.2) is 71.3 Å². The van der Waals surface area contributed by atoms with Gasteiger partial charge >= 0.3 is 0 Å². The van der Waals surface area contributed by atoms with Crippen LogP contribution in [0.25, 0.3) is 11.3 Å². The molecule has 7 heteroatoms. The van der Waals surface area contributed by atoms with Gasteiger partial charge in [0.05, 0.1) is 5.56 Å². The van der Waals surface area contributed by atoms with Gasteiger partial charge in [-0.05, 0) is 36.8 Å². The van der Waals surface area contributed by atoms with Gasteiger partial charge in [0, 0.05) is 23.1 Å². The Kier molecular flexibility index (Phi) is 6.04. The van der Waals surface area contributed by atoms with E-state index in [-0.39, 0.29) is 17.5 Å². The summed E-state index contributed by atoms with van der Waals surface area (Å²) in [6.45, 7) is 0.532. The maximum absolute atomic E-state index is 13.1. The number of hydrogen-bond donors (Lipinski definition) is 2. The van der Waals surface area contributed by atoms with E-state index in [2.05, 4.69) is 15.8 Å². The minimum Gasteiger partial charge on any atom is -0.355 e. The summed E-state index contributed by atoms with van der Waals surface area (Å²) < 4.78 is 5.36. The fourth-order valence-corrected chi connectivity index (χ4v) is 5.36. The highest BCUT2D eigenvalue weighted by atomic mass is 32.1. The summed E-state index contributed by atoms with van der Waals surface area (Å²) in [5, 5.41) is 10.4. The number of carbonyl (C=O) groups is 2. The van der Waals surface area contributed by atoms with E-state index >= 15 is 0 Å². The molecule has 0 saturated heterocycles. The molecule has 0 radical (unpaired) electrons. The van der Waals surface area contributed by atoms with Gasteiger partial charge in [-0.3, -0.25) is 9.59 Å². The molecule has 0 unspecified atom stereocenters. The van der Waals surface area contributed by atoms with Crippen molar-refractivity contribution in [3.8, 4) is 11.3 Å². The van der Waals surface area contributed by atoms with E-state index in [1.165, 1.54) is 21.8 Å². The molecule has 33 heavy (non-hydrogen) atoms. The molecule has 2 heterocycles. The van der Waals surface area contributed by atoms with Crippen molar-refractivity contribution in [2.45, 2.75) is 25.7 Å². The number of rotatable bonds is 7. The normalized spacial score (nSPS) is 12.4. The molecule has 0 fully saturated rings. The number of fused-ring (bicyclic) bond motifs is 1. The lowest BCUT2D eigenvalue weighted by molar-refractivity contribution is 0.0954. The second-order valence-electron chi connectivity index (χ2n) is 7.95. The summed E-state index contributed by atoms with van der Waals surface area (Å²) in [6.07, 6.45) is 3.57. The fourth-order valence-electron chi connectivity index (χ4n) is 4.07. The van der Waals surface area contributed by atoms with Crippen molar-refractivity contribution in [3.05, 3.63) is 94.0 Å². The van der Waals surface area contributed by atoms with Gasteiger partial charge < -0.3 is 15.2 Å². The molecular weight excluding hydrogens is 434 g/mol. The number of hydrogen-bond acceptors (Lipinski definition) is 5. The van der Waals surface area contributed by atoms with Crippen molar-refractivity contribution in [1.29, 1.82) is 0 Å². The van der Waals surface area contributed by atoms with Crippen LogP contribution in [0.1, 0.15) is 43.3 Å². The molecule has 4 aromatic rings. The van der Waals surface area contributed by atoms with Crippen molar-refractivity contribution in [1.82, 2.24) is 10.5 Å². The van der Waals surface area contributed by atoms with Crippen molar-refractivity contribution in [2.24, 2.45) is 0 Å². The Hall–Kier alpha value is -3.71. The quantitative estimate of drug-likeness (QED) is 0.404. The molecule has 2 amide bonds. The number of aryl methyl sites for hydroxylation is 1. The minimum absolute atomic E-state index is 0.147. The van der Waals surface area contributed by atoms with Crippen LogP contribution in [0.4, 0.5) is 5.00 Å². The molecule has 2 aromatic heterocycles. The molecule has 0 spiro atoms. The molecule has 6 nitrogen and oxygen atoms in total. The Morgan fingerprint density at radius 1 is 0.970 bits per heavy atom. The summed E-state index contributed by atoms with van der Waals surface area (Å²) in [6, 6.07) is 21.1. The van der Waals surface area contributed by atoms with Crippen molar-refractivity contribution < 1.29 is 14.1 Å². The molecular formula is C26H23N3O3S. The third kappa shape index (κ3) is 4.59. The Bertz CT molecular complexity index is 1280. The fraction of sp³-hybridized carbons (Fsp3) is 0.192. The number of thiophene rings is 1. The van der Waals surface area contributed by atoms with Crippen molar-refractivity contribution in [2.75, 3.05) is 11.9 Å². The summed E-state index contributed by atoms with van der Waals surface area (Å²) in [4.78, 5) is 27.2. The van der Waals surface area contributed by atoms with E-state index in [1.807, 2.05) is 60.7 Å². The second-order valence-corrected chi connectivity index (χ2v) is 9.05. The number of nitrogens with zero attached hydrogens (tertiary/aromatic N) is 1. The molecule has 1 aliphatic carbocycles. The van der Waals surface area contributed by atoms with E-state index in [0.717, 1.165) is 36.8 Å². The van der Waals surface area contributed by atoms with Gasteiger partial charge in [-0.25, -0.2) is 0 Å². The highest BCUT2D eigenvalue weighted by molar-refractivity contribution is 7.17. The number of amides is 2. The second kappa shape index (κ2) is 9.42. The predicted molar refractivity (Wildman–Crippen MR) is 129 cm³/mol. The molecule has 0 bridgehead atoms. The highest BCUT2D eigenvalue weighted by Crippen LogP contribution is 2.39. The van der Waals surface area contributed by atoms with Gasteiger partial charge in [0.1, 0.15) is 5.00 Å². The zero-order chi connectivity index (χ0) is 22.6. The van der Waals surface area contributed by atoms with Crippen LogP contribution < -0.4 is 10.6 Å².